The van der Waals surface area contributed by atoms with Gasteiger partial charge in [-0.15, -0.1) is 0 Å². The van der Waals surface area contributed by atoms with Crippen molar-refractivity contribution in [3.05, 3.63) is 70.5 Å². The molecule has 0 amide bonds. The standard InChI is InChI=1S/C19H23FO/c1-12(2)15-7-10-17(18(11-15)13(3)4)19(21)14-5-8-16(20)9-6-14/h5-13,19,21H,1-4H3. The predicted octanol–water partition coefficient (Wildman–Crippen LogP) is 5.15. The van der Waals surface area contributed by atoms with Crippen molar-refractivity contribution in [3.8, 4) is 0 Å². The molecule has 1 unspecified atom stereocenters. The topological polar surface area (TPSA) is 20.2 Å². The zero-order valence-corrected chi connectivity index (χ0v) is 13.1. The quantitative estimate of drug-likeness (QED) is 0.823. The fourth-order valence-corrected chi connectivity index (χ4v) is 2.53. The molecule has 2 heteroatoms. The lowest BCUT2D eigenvalue weighted by Crippen LogP contribution is -2.06. The van der Waals surface area contributed by atoms with Crippen LogP contribution in [0.25, 0.3) is 0 Å². The third-order valence-electron chi connectivity index (χ3n) is 3.88. The second kappa shape index (κ2) is 6.40. The van der Waals surface area contributed by atoms with Gasteiger partial charge in [0.15, 0.2) is 0 Å². The molecule has 0 saturated carbocycles. The highest BCUT2D eigenvalue weighted by atomic mass is 19.1. The summed E-state index contributed by atoms with van der Waals surface area (Å²) in [5.74, 6) is 0.499. The van der Waals surface area contributed by atoms with Gasteiger partial charge in [0.25, 0.3) is 0 Å². The van der Waals surface area contributed by atoms with Crippen LogP contribution >= 0.6 is 0 Å². The molecule has 112 valence electrons. The molecule has 1 atom stereocenters. The van der Waals surface area contributed by atoms with Gasteiger partial charge in [-0.3, -0.25) is 0 Å². The third kappa shape index (κ3) is 3.51. The Balaban J connectivity index is 2.44. The van der Waals surface area contributed by atoms with Crippen LogP contribution in [0.1, 0.15) is 67.9 Å². The molecule has 0 fully saturated rings. The average Bonchev–Trinajstić information content (AvgIpc) is 2.46. The van der Waals surface area contributed by atoms with Gasteiger partial charge in [-0.1, -0.05) is 58.0 Å². The van der Waals surface area contributed by atoms with Crippen LogP contribution in [-0.4, -0.2) is 5.11 Å². The zero-order chi connectivity index (χ0) is 15.6. The average molecular weight is 286 g/mol. The maximum Gasteiger partial charge on any atom is 0.123 e. The second-order valence-electron chi connectivity index (χ2n) is 6.15. The van der Waals surface area contributed by atoms with Crippen molar-refractivity contribution in [3.63, 3.8) is 0 Å². The first kappa shape index (κ1) is 15.7. The van der Waals surface area contributed by atoms with E-state index in [0.29, 0.717) is 11.8 Å². The highest BCUT2D eigenvalue weighted by molar-refractivity contribution is 5.41. The Morgan fingerprint density at radius 3 is 1.86 bits per heavy atom. The zero-order valence-electron chi connectivity index (χ0n) is 13.1. The van der Waals surface area contributed by atoms with Gasteiger partial charge in [0.2, 0.25) is 0 Å². The number of hydrogen-bond acceptors (Lipinski definition) is 1. The van der Waals surface area contributed by atoms with Crippen molar-refractivity contribution in [2.24, 2.45) is 0 Å². The molecule has 0 saturated heterocycles. The summed E-state index contributed by atoms with van der Waals surface area (Å²) < 4.78 is 13.0. The van der Waals surface area contributed by atoms with Gasteiger partial charge in [-0.2, -0.15) is 0 Å². The minimum Gasteiger partial charge on any atom is -0.384 e. The van der Waals surface area contributed by atoms with E-state index in [4.69, 9.17) is 0 Å². The van der Waals surface area contributed by atoms with Crippen molar-refractivity contribution < 1.29 is 9.50 Å². The molecular formula is C19H23FO. The SMILES string of the molecule is CC(C)c1ccc(C(O)c2ccc(F)cc2)c(C(C)C)c1. The molecule has 0 heterocycles. The van der Waals surface area contributed by atoms with Crippen molar-refractivity contribution in [2.75, 3.05) is 0 Å². The Kier molecular flexibility index (Phi) is 4.79. The molecule has 2 aromatic rings. The van der Waals surface area contributed by atoms with E-state index >= 15 is 0 Å². The second-order valence-corrected chi connectivity index (χ2v) is 6.15. The van der Waals surface area contributed by atoms with Crippen molar-refractivity contribution in [1.29, 1.82) is 0 Å². The minimum atomic E-state index is -0.718. The molecule has 0 spiro atoms. The molecule has 0 aliphatic heterocycles. The summed E-state index contributed by atoms with van der Waals surface area (Å²) in [5.41, 5.74) is 4.04. The highest BCUT2D eigenvalue weighted by Gasteiger charge is 2.17. The van der Waals surface area contributed by atoms with E-state index in [9.17, 15) is 9.50 Å². The summed E-state index contributed by atoms with van der Waals surface area (Å²) in [7, 11) is 0. The van der Waals surface area contributed by atoms with Gasteiger partial charge >= 0.3 is 0 Å². The fourth-order valence-electron chi connectivity index (χ4n) is 2.53. The lowest BCUT2D eigenvalue weighted by atomic mass is 9.87. The van der Waals surface area contributed by atoms with Crippen LogP contribution in [0.2, 0.25) is 0 Å². The van der Waals surface area contributed by atoms with E-state index < -0.39 is 6.10 Å². The lowest BCUT2D eigenvalue weighted by molar-refractivity contribution is 0.218. The van der Waals surface area contributed by atoms with E-state index in [1.54, 1.807) is 12.1 Å². The Hall–Kier alpha value is -1.67. The van der Waals surface area contributed by atoms with Crippen LogP contribution in [0.4, 0.5) is 4.39 Å². The fraction of sp³-hybridized carbons (Fsp3) is 0.368. The van der Waals surface area contributed by atoms with Crippen LogP contribution in [0, 0.1) is 5.82 Å². The normalized spacial score (nSPS) is 13.0. The number of aliphatic hydroxyl groups excluding tert-OH is 1. The molecule has 2 rings (SSSR count). The number of rotatable bonds is 4. The lowest BCUT2D eigenvalue weighted by Gasteiger charge is -2.20. The smallest absolute Gasteiger partial charge is 0.123 e. The molecule has 0 aromatic heterocycles. The van der Waals surface area contributed by atoms with Gasteiger partial charge < -0.3 is 5.11 Å². The van der Waals surface area contributed by atoms with Crippen molar-refractivity contribution in [2.45, 2.75) is 45.6 Å². The largest absolute Gasteiger partial charge is 0.384 e. The summed E-state index contributed by atoms with van der Waals surface area (Å²) >= 11 is 0. The van der Waals surface area contributed by atoms with E-state index in [2.05, 4.69) is 39.8 Å². The van der Waals surface area contributed by atoms with Gasteiger partial charge in [0.05, 0.1) is 0 Å². The summed E-state index contributed by atoms with van der Waals surface area (Å²) in [4.78, 5) is 0. The number of hydrogen-bond donors (Lipinski definition) is 1. The van der Waals surface area contributed by atoms with Crippen LogP contribution in [-0.2, 0) is 0 Å². The monoisotopic (exact) mass is 286 g/mol. The van der Waals surface area contributed by atoms with E-state index in [0.717, 1.165) is 16.7 Å². The van der Waals surface area contributed by atoms with Gasteiger partial charge in [0, 0.05) is 0 Å². The first-order chi connectivity index (χ1) is 9.90. The molecule has 2 aromatic carbocycles. The highest BCUT2D eigenvalue weighted by Crippen LogP contribution is 2.32. The summed E-state index contributed by atoms with van der Waals surface area (Å²) in [6.07, 6.45) is -0.718. The van der Waals surface area contributed by atoms with Gasteiger partial charge in [0.1, 0.15) is 11.9 Å². The number of benzene rings is 2. The maximum absolute atomic E-state index is 13.0. The van der Waals surface area contributed by atoms with Crippen LogP contribution < -0.4 is 0 Å². The number of aliphatic hydroxyl groups is 1. The Morgan fingerprint density at radius 1 is 0.762 bits per heavy atom. The van der Waals surface area contributed by atoms with Gasteiger partial charge in [-0.25, -0.2) is 4.39 Å². The minimum absolute atomic E-state index is 0.287. The first-order valence-corrected chi connectivity index (χ1v) is 7.47. The Bertz CT molecular complexity index is 599. The van der Waals surface area contributed by atoms with Crippen LogP contribution in [0.3, 0.4) is 0 Å². The Labute approximate surface area is 126 Å². The molecule has 0 aliphatic rings. The van der Waals surface area contributed by atoms with Crippen molar-refractivity contribution in [1.82, 2.24) is 0 Å². The molecule has 21 heavy (non-hydrogen) atoms. The van der Waals surface area contributed by atoms with E-state index in [1.165, 1.54) is 17.7 Å². The third-order valence-corrected chi connectivity index (χ3v) is 3.88. The number of halogens is 1. The molecule has 0 aliphatic carbocycles. The molecule has 0 radical (unpaired) electrons. The predicted molar refractivity (Wildman–Crippen MR) is 85.1 cm³/mol. The first-order valence-electron chi connectivity index (χ1n) is 7.47. The summed E-state index contributed by atoms with van der Waals surface area (Å²) in [6, 6.07) is 12.3. The molecule has 1 nitrogen and oxygen atoms in total. The maximum atomic E-state index is 13.0. The van der Waals surface area contributed by atoms with Crippen LogP contribution in [0.15, 0.2) is 42.5 Å². The van der Waals surface area contributed by atoms with E-state index in [1.807, 2.05) is 6.07 Å². The molecule has 1 N–H and O–H groups in total. The van der Waals surface area contributed by atoms with Crippen LogP contribution in [0.5, 0.6) is 0 Å². The van der Waals surface area contributed by atoms with Gasteiger partial charge in [-0.05, 0) is 46.2 Å². The summed E-state index contributed by atoms with van der Waals surface area (Å²) in [6.45, 7) is 8.58. The van der Waals surface area contributed by atoms with Crippen molar-refractivity contribution >= 4 is 0 Å². The molecular weight excluding hydrogens is 263 g/mol. The van der Waals surface area contributed by atoms with E-state index in [-0.39, 0.29) is 5.82 Å². The Morgan fingerprint density at radius 2 is 1.33 bits per heavy atom. The summed E-state index contributed by atoms with van der Waals surface area (Å²) in [5, 5.41) is 10.6. The molecule has 0 bridgehead atoms.